The van der Waals surface area contributed by atoms with Gasteiger partial charge in [0.2, 0.25) is 0 Å². The van der Waals surface area contributed by atoms with Crippen LogP contribution in [0.25, 0.3) is 6.08 Å². The van der Waals surface area contributed by atoms with Crippen molar-refractivity contribution < 1.29 is 24.5 Å². The molecule has 0 spiro atoms. The van der Waals surface area contributed by atoms with Gasteiger partial charge in [-0.1, -0.05) is 12.2 Å². The molecule has 0 unspecified atom stereocenters. The fourth-order valence-corrected chi connectivity index (χ4v) is 2.41. The van der Waals surface area contributed by atoms with Gasteiger partial charge in [-0.2, -0.15) is 11.3 Å². The van der Waals surface area contributed by atoms with Crippen molar-refractivity contribution in [1.29, 1.82) is 0 Å². The fraction of sp³-hybridized carbons (Fsp3) is 0.417. The quantitative estimate of drug-likeness (QED) is 0.776. The first-order chi connectivity index (χ1) is 8.63. The van der Waals surface area contributed by atoms with Crippen LogP contribution in [0.5, 0.6) is 0 Å². The number of hydrogen-bond donors (Lipinski definition) is 2. The summed E-state index contributed by atoms with van der Waals surface area (Å²) in [5.41, 5.74) is 0.946. The maximum absolute atomic E-state index is 11.3. The summed E-state index contributed by atoms with van der Waals surface area (Å²) in [7, 11) is 1.31. The van der Waals surface area contributed by atoms with E-state index in [1.165, 1.54) is 13.2 Å². The van der Waals surface area contributed by atoms with Gasteiger partial charge < -0.3 is 19.7 Å². The predicted molar refractivity (Wildman–Crippen MR) is 66.0 cm³/mol. The van der Waals surface area contributed by atoms with E-state index >= 15 is 0 Å². The van der Waals surface area contributed by atoms with Gasteiger partial charge in [0.25, 0.3) is 0 Å². The third kappa shape index (κ3) is 2.62. The zero-order valence-corrected chi connectivity index (χ0v) is 10.5. The van der Waals surface area contributed by atoms with E-state index in [0.29, 0.717) is 0 Å². The van der Waals surface area contributed by atoms with Crippen LogP contribution < -0.4 is 0 Å². The van der Waals surface area contributed by atoms with Crippen molar-refractivity contribution in [1.82, 2.24) is 0 Å². The number of rotatable bonds is 4. The number of hydrogen-bond acceptors (Lipinski definition) is 6. The molecule has 2 N–H and O–H groups in total. The summed E-state index contributed by atoms with van der Waals surface area (Å²) in [5, 5.41) is 23.5. The Hall–Kier alpha value is -1.21. The topological polar surface area (TPSA) is 76.0 Å². The Bertz CT molecular complexity index is 428. The van der Waals surface area contributed by atoms with E-state index < -0.39 is 30.4 Å². The molecule has 6 heteroatoms. The average Bonchev–Trinajstić information content (AvgIpc) is 2.95. The highest BCUT2D eigenvalue weighted by Gasteiger charge is 2.46. The Morgan fingerprint density at radius 3 is 2.94 bits per heavy atom. The maximum Gasteiger partial charge on any atom is 0.338 e. The number of carbonyl (C=O) groups excluding carboxylic acids is 1. The van der Waals surface area contributed by atoms with Gasteiger partial charge in [-0.15, -0.1) is 0 Å². The van der Waals surface area contributed by atoms with E-state index in [9.17, 15) is 15.0 Å². The van der Waals surface area contributed by atoms with Crippen molar-refractivity contribution in [3.05, 3.63) is 28.5 Å². The van der Waals surface area contributed by atoms with Crippen molar-refractivity contribution in [3.63, 3.8) is 0 Å². The normalized spacial score (nSPS) is 29.7. The number of aliphatic hydroxyl groups is 2. The number of thiophene rings is 1. The Labute approximate surface area is 108 Å². The third-order valence-electron chi connectivity index (χ3n) is 2.75. The first-order valence-corrected chi connectivity index (χ1v) is 6.37. The molecule has 1 aromatic rings. The molecule has 4 atom stereocenters. The zero-order valence-electron chi connectivity index (χ0n) is 9.72. The summed E-state index contributed by atoms with van der Waals surface area (Å²) in [4.78, 5) is 11.3. The average molecular weight is 270 g/mol. The van der Waals surface area contributed by atoms with Gasteiger partial charge in [0, 0.05) is 7.11 Å². The summed E-state index contributed by atoms with van der Waals surface area (Å²) >= 11 is 1.54. The molecule has 2 heterocycles. The molecular weight excluding hydrogens is 256 g/mol. The molecule has 18 heavy (non-hydrogen) atoms. The summed E-state index contributed by atoms with van der Waals surface area (Å²) in [6.45, 7) is 0. The van der Waals surface area contributed by atoms with Gasteiger partial charge >= 0.3 is 5.97 Å². The molecule has 1 saturated heterocycles. The van der Waals surface area contributed by atoms with Crippen LogP contribution in [0.1, 0.15) is 5.56 Å². The van der Waals surface area contributed by atoms with Crippen molar-refractivity contribution in [2.75, 3.05) is 7.11 Å². The lowest BCUT2D eigenvalue weighted by molar-refractivity contribution is -0.150. The minimum absolute atomic E-state index is 0.655. The second-order valence-electron chi connectivity index (χ2n) is 3.95. The van der Waals surface area contributed by atoms with Gasteiger partial charge in [-0.3, -0.25) is 0 Å². The number of esters is 1. The molecule has 0 aromatic carbocycles. The summed E-state index contributed by atoms with van der Waals surface area (Å²) in [6, 6.07) is 1.89. The molecule has 0 saturated carbocycles. The molecular formula is C12H14O5S. The van der Waals surface area contributed by atoms with E-state index in [1.807, 2.05) is 16.8 Å². The predicted octanol–water partition coefficient (Wildman–Crippen LogP) is 0.423. The lowest BCUT2D eigenvalue weighted by Crippen LogP contribution is -2.38. The number of cyclic esters (lactones) is 1. The Balaban J connectivity index is 2.02. The molecule has 5 nitrogen and oxygen atoms in total. The number of aliphatic hydroxyl groups excluding tert-OH is 2. The van der Waals surface area contributed by atoms with Gasteiger partial charge in [0.15, 0.2) is 12.2 Å². The van der Waals surface area contributed by atoms with E-state index in [2.05, 4.69) is 0 Å². The molecule has 98 valence electrons. The van der Waals surface area contributed by atoms with E-state index in [-0.39, 0.29) is 0 Å². The molecule has 0 radical (unpaired) electrons. The Morgan fingerprint density at radius 2 is 2.39 bits per heavy atom. The minimum atomic E-state index is -1.16. The van der Waals surface area contributed by atoms with Gasteiger partial charge in [0.05, 0.1) is 0 Å². The van der Waals surface area contributed by atoms with Gasteiger partial charge in [-0.05, 0) is 22.4 Å². The molecule has 0 amide bonds. The molecule has 1 aromatic heterocycles. The standard InChI is InChI=1S/C12H14O5S/c1-16-11-9(14)10(17-12(11)15)8(13)3-2-7-4-5-18-6-7/h2-6,8-11,13-14H,1H3/b3-2+/t8-,9-,10+,11-/m1/s1. The summed E-state index contributed by atoms with van der Waals surface area (Å²) in [5.74, 6) is -0.655. The Kier molecular flexibility index (Phi) is 4.13. The van der Waals surface area contributed by atoms with Crippen LogP contribution in [0, 0.1) is 0 Å². The number of methoxy groups -OCH3 is 1. The Morgan fingerprint density at radius 1 is 1.61 bits per heavy atom. The monoisotopic (exact) mass is 270 g/mol. The molecule has 0 bridgehead atoms. The van der Waals surface area contributed by atoms with Crippen LogP contribution in [0.3, 0.4) is 0 Å². The van der Waals surface area contributed by atoms with Crippen LogP contribution in [0.4, 0.5) is 0 Å². The van der Waals surface area contributed by atoms with E-state index in [4.69, 9.17) is 9.47 Å². The van der Waals surface area contributed by atoms with Crippen molar-refractivity contribution in [2.45, 2.75) is 24.4 Å². The van der Waals surface area contributed by atoms with E-state index in [1.54, 1.807) is 17.4 Å². The first kappa shape index (κ1) is 13.2. The number of ether oxygens (including phenoxy) is 2. The van der Waals surface area contributed by atoms with Gasteiger partial charge in [-0.25, -0.2) is 4.79 Å². The molecule has 2 rings (SSSR count). The lowest BCUT2D eigenvalue weighted by atomic mass is 10.1. The van der Waals surface area contributed by atoms with Crippen LogP contribution >= 0.6 is 11.3 Å². The van der Waals surface area contributed by atoms with Crippen LogP contribution in [0.15, 0.2) is 22.9 Å². The highest BCUT2D eigenvalue weighted by Crippen LogP contribution is 2.22. The van der Waals surface area contributed by atoms with Crippen LogP contribution in [-0.2, 0) is 14.3 Å². The lowest BCUT2D eigenvalue weighted by Gasteiger charge is -2.17. The summed E-state index contributed by atoms with van der Waals surface area (Å²) in [6.07, 6.45) is -1.05. The van der Waals surface area contributed by atoms with Gasteiger partial charge in [0.1, 0.15) is 12.2 Å². The zero-order chi connectivity index (χ0) is 13.1. The fourth-order valence-electron chi connectivity index (χ4n) is 1.78. The highest BCUT2D eigenvalue weighted by molar-refractivity contribution is 7.08. The molecule has 1 aliphatic heterocycles. The second-order valence-corrected chi connectivity index (χ2v) is 4.73. The van der Waals surface area contributed by atoms with Crippen molar-refractivity contribution in [2.24, 2.45) is 0 Å². The minimum Gasteiger partial charge on any atom is -0.454 e. The molecule has 1 fully saturated rings. The smallest absolute Gasteiger partial charge is 0.338 e. The molecule has 0 aliphatic carbocycles. The maximum atomic E-state index is 11.3. The molecule has 1 aliphatic rings. The van der Waals surface area contributed by atoms with Crippen molar-refractivity contribution >= 4 is 23.4 Å². The highest BCUT2D eigenvalue weighted by atomic mass is 32.1. The van der Waals surface area contributed by atoms with Crippen molar-refractivity contribution in [3.8, 4) is 0 Å². The van der Waals surface area contributed by atoms with Crippen LogP contribution in [0.2, 0.25) is 0 Å². The summed E-state index contributed by atoms with van der Waals surface area (Å²) < 4.78 is 9.70. The largest absolute Gasteiger partial charge is 0.454 e. The van der Waals surface area contributed by atoms with Crippen LogP contribution in [-0.4, -0.2) is 47.7 Å². The first-order valence-electron chi connectivity index (χ1n) is 5.43. The third-order valence-corrected chi connectivity index (χ3v) is 3.45. The SMILES string of the molecule is CO[C@H]1C(=O)O[C@@H]([C@H](O)/C=C/c2ccsc2)[C@H]1O. The second kappa shape index (κ2) is 5.62. The van der Waals surface area contributed by atoms with E-state index in [0.717, 1.165) is 5.56 Å². The number of carbonyl (C=O) groups is 1.